The summed E-state index contributed by atoms with van der Waals surface area (Å²) in [5.41, 5.74) is 8.79. The molecule has 0 spiro atoms. The van der Waals surface area contributed by atoms with Crippen LogP contribution < -0.4 is 11.1 Å². The highest BCUT2D eigenvalue weighted by Crippen LogP contribution is 2.38. The fourth-order valence-electron chi connectivity index (χ4n) is 3.71. The average molecular weight is 366 g/mol. The van der Waals surface area contributed by atoms with Crippen LogP contribution in [-0.2, 0) is 11.2 Å². The number of fused-ring (bicyclic) bond motifs is 1. The molecule has 1 aromatic carbocycles. The number of halogens is 1. The highest BCUT2D eigenvalue weighted by atomic mass is 35.5. The maximum atomic E-state index is 12.3. The Morgan fingerprint density at radius 3 is 2.76 bits per heavy atom. The van der Waals surface area contributed by atoms with Gasteiger partial charge in [0.25, 0.3) is 0 Å². The molecule has 25 heavy (non-hydrogen) atoms. The summed E-state index contributed by atoms with van der Waals surface area (Å²) in [5, 5.41) is 3.00. The maximum absolute atomic E-state index is 12.3. The minimum atomic E-state index is 0. The molecule has 138 valence electrons. The minimum absolute atomic E-state index is 0. The minimum Gasteiger partial charge on any atom is -0.441 e. The van der Waals surface area contributed by atoms with Crippen molar-refractivity contribution in [3.63, 3.8) is 0 Å². The van der Waals surface area contributed by atoms with Gasteiger partial charge in [-0.3, -0.25) is 4.79 Å². The molecule has 0 atom stereocenters. The molecule has 1 fully saturated rings. The van der Waals surface area contributed by atoms with Gasteiger partial charge in [-0.25, -0.2) is 4.98 Å². The van der Waals surface area contributed by atoms with Crippen LogP contribution in [-0.4, -0.2) is 24.0 Å². The molecular weight excluding hydrogens is 338 g/mol. The summed E-state index contributed by atoms with van der Waals surface area (Å²) in [5.74, 6) is 0.764. The fraction of sp³-hybridized carbons (Fsp3) is 0.579. The van der Waals surface area contributed by atoms with Gasteiger partial charge >= 0.3 is 0 Å². The highest BCUT2D eigenvalue weighted by molar-refractivity contribution is 5.85. The Balaban J connectivity index is 0.00000225. The highest BCUT2D eigenvalue weighted by Gasteiger charge is 2.32. The fourth-order valence-corrected chi connectivity index (χ4v) is 3.71. The second-order valence-electron chi connectivity index (χ2n) is 7.07. The molecule has 1 aromatic heterocycles. The lowest BCUT2D eigenvalue weighted by Gasteiger charge is -2.35. The summed E-state index contributed by atoms with van der Waals surface area (Å²) < 4.78 is 5.74. The van der Waals surface area contributed by atoms with Crippen molar-refractivity contribution in [3.8, 4) is 0 Å². The predicted octanol–water partition coefficient (Wildman–Crippen LogP) is 3.52. The normalized spacial score (nSPS) is 16.4. The zero-order valence-electron chi connectivity index (χ0n) is 14.8. The SMILES string of the molecule is Cc1cccc2oc(CCNC(=O)CC3(CN)CCCCC3)nc12.Cl. The molecule has 1 aliphatic carbocycles. The number of aryl methyl sites for hydroxylation is 1. The number of para-hydroxylation sites is 1. The summed E-state index contributed by atoms with van der Waals surface area (Å²) in [6.45, 7) is 3.17. The molecule has 1 aliphatic rings. The van der Waals surface area contributed by atoms with Crippen molar-refractivity contribution in [2.45, 2.75) is 51.9 Å². The van der Waals surface area contributed by atoms with Crippen LogP contribution in [0, 0.1) is 12.3 Å². The molecule has 1 saturated carbocycles. The van der Waals surface area contributed by atoms with Gasteiger partial charge in [-0.05, 0) is 43.4 Å². The maximum Gasteiger partial charge on any atom is 0.220 e. The Bertz CT molecular complexity index is 708. The van der Waals surface area contributed by atoms with Crippen molar-refractivity contribution >= 4 is 29.4 Å². The van der Waals surface area contributed by atoms with Crippen molar-refractivity contribution in [1.29, 1.82) is 0 Å². The summed E-state index contributed by atoms with van der Waals surface area (Å²) in [4.78, 5) is 16.8. The number of nitrogens with zero attached hydrogens (tertiary/aromatic N) is 1. The van der Waals surface area contributed by atoms with Gasteiger partial charge in [0.05, 0.1) is 0 Å². The van der Waals surface area contributed by atoms with Gasteiger partial charge in [-0.15, -0.1) is 12.4 Å². The van der Waals surface area contributed by atoms with Crippen LogP contribution in [0.4, 0.5) is 0 Å². The molecular formula is C19H28ClN3O2. The molecule has 3 rings (SSSR count). The first-order valence-electron chi connectivity index (χ1n) is 8.94. The average Bonchev–Trinajstić information content (AvgIpc) is 3.00. The smallest absolute Gasteiger partial charge is 0.220 e. The van der Waals surface area contributed by atoms with Crippen molar-refractivity contribution in [1.82, 2.24) is 10.3 Å². The monoisotopic (exact) mass is 365 g/mol. The van der Waals surface area contributed by atoms with E-state index in [9.17, 15) is 4.79 Å². The van der Waals surface area contributed by atoms with Crippen LogP contribution >= 0.6 is 12.4 Å². The van der Waals surface area contributed by atoms with Crippen LogP contribution in [0.3, 0.4) is 0 Å². The molecule has 0 bridgehead atoms. The molecule has 6 heteroatoms. The van der Waals surface area contributed by atoms with Crippen LogP contribution in [0.15, 0.2) is 22.6 Å². The van der Waals surface area contributed by atoms with Crippen LogP contribution in [0.25, 0.3) is 11.1 Å². The summed E-state index contributed by atoms with van der Waals surface area (Å²) >= 11 is 0. The second-order valence-corrected chi connectivity index (χ2v) is 7.07. The van der Waals surface area contributed by atoms with E-state index in [-0.39, 0.29) is 23.7 Å². The lowest BCUT2D eigenvalue weighted by molar-refractivity contribution is -0.123. The van der Waals surface area contributed by atoms with Gasteiger partial charge in [-0.1, -0.05) is 31.4 Å². The topological polar surface area (TPSA) is 81.2 Å². The number of nitrogens with one attached hydrogen (secondary N) is 1. The van der Waals surface area contributed by atoms with Crippen molar-refractivity contribution < 1.29 is 9.21 Å². The Morgan fingerprint density at radius 2 is 2.08 bits per heavy atom. The lowest BCUT2D eigenvalue weighted by atomic mass is 9.71. The van der Waals surface area contributed by atoms with Gasteiger partial charge in [0.15, 0.2) is 11.5 Å². The first-order valence-corrected chi connectivity index (χ1v) is 8.94. The van der Waals surface area contributed by atoms with Crippen molar-refractivity contribution in [3.05, 3.63) is 29.7 Å². The first-order chi connectivity index (χ1) is 11.6. The molecule has 1 amide bonds. The van der Waals surface area contributed by atoms with E-state index in [0.29, 0.717) is 31.8 Å². The molecule has 3 N–H and O–H groups in total. The number of hydrogen-bond donors (Lipinski definition) is 2. The molecule has 2 aromatic rings. The summed E-state index contributed by atoms with van der Waals surface area (Å²) in [6, 6.07) is 5.91. The standard InChI is InChI=1S/C19H27N3O2.ClH/c1-14-6-5-7-15-18(14)22-17(24-15)8-11-21-16(23)12-19(13-20)9-3-2-4-10-19;/h5-7H,2-4,8-13,20H2,1H3,(H,21,23);1H. The molecule has 0 radical (unpaired) electrons. The van der Waals surface area contributed by atoms with Gasteiger partial charge in [0, 0.05) is 19.4 Å². The van der Waals surface area contributed by atoms with Crippen molar-refractivity contribution in [2.75, 3.05) is 13.1 Å². The number of rotatable bonds is 6. The van der Waals surface area contributed by atoms with E-state index in [2.05, 4.69) is 10.3 Å². The molecule has 5 nitrogen and oxygen atoms in total. The predicted molar refractivity (Wildman–Crippen MR) is 102 cm³/mol. The molecule has 0 unspecified atom stereocenters. The zero-order valence-corrected chi connectivity index (χ0v) is 15.7. The Morgan fingerprint density at radius 1 is 1.32 bits per heavy atom. The van der Waals surface area contributed by atoms with E-state index in [1.807, 2.05) is 25.1 Å². The van der Waals surface area contributed by atoms with Crippen LogP contribution in [0.5, 0.6) is 0 Å². The van der Waals surface area contributed by atoms with Crippen molar-refractivity contribution in [2.24, 2.45) is 11.1 Å². The third-order valence-corrected chi connectivity index (χ3v) is 5.21. The third-order valence-electron chi connectivity index (χ3n) is 5.21. The zero-order chi connectivity index (χ0) is 17.0. The Hall–Kier alpha value is -1.59. The number of carbonyl (C=O) groups is 1. The first kappa shape index (κ1) is 19.7. The van der Waals surface area contributed by atoms with Gasteiger partial charge in [0.1, 0.15) is 5.52 Å². The number of amides is 1. The molecule has 0 saturated heterocycles. The van der Waals surface area contributed by atoms with E-state index in [1.165, 1.54) is 19.3 Å². The van der Waals surface area contributed by atoms with E-state index >= 15 is 0 Å². The Kier molecular flexibility index (Phi) is 6.85. The summed E-state index contributed by atoms with van der Waals surface area (Å²) in [7, 11) is 0. The number of nitrogens with two attached hydrogens (primary N) is 1. The largest absolute Gasteiger partial charge is 0.441 e. The third kappa shape index (κ3) is 4.73. The molecule has 1 heterocycles. The molecule has 0 aliphatic heterocycles. The summed E-state index contributed by atoms with van der Waals surface area (Å²) in [6.07, 6.45) is 6.92. The van der Waals surface area contributed by atoms with E-state index < -0.39 is 0 Å². The van der Waals surface area contributed by atoms with E-state index in [1.54, 1.807) is 0 Å². The number of oxazole rings is 1. The van der Waals surface area contributed by atoms with E-state index in [4.69, 9.17) is 10.2 Å². The van der Waals surface area contributed by atoms with Gasteiger partial charge < -0.3 is 15.5 Å². The van der Waals surface area contributed by atoms with Crippen LogP contribution in [0.1, 0.15) is 50.0 Å². The number of carbonyl (C=O) groups excluding carboxylic acids is 1. The number of hydrogen-bond acceptors (Lipinski definition) is 4. The van der Waals surface area contributed by atoms with Gasteiger partial charge in [-0.2, -0.15) is 0 Å². The second kappa shape index (κ2) is 8.68. The quantitative estimate of drug-likeness (QED) is 0.820. The number of aromatic nitrogens is 1. The van der Waals surface area contributed by atoms with Crippen LogP contribution in [0.2, 0.25) is 0 Å². The Labute approximate surface area is 155 Å². The van der Waals surface area contributed by atoms with E-state index in [0.717, 1.165) is 29.5 Å². The van der Waals surface area contributed by atoms with Gasteiger partial charge in [0.2, 0.25) is 5.91 Å². The lowest BCUT2D eigenvalue weighted by Crippen LogP contribution is -2.39. The number of benzene rings is 1.